The fourth-order valence-corrected chi connectivity index (χ4v) is 4.20. The second-order valence-corrected chi connectivity index (χ2v) is 8.06. The minimum absolute atomic E-state index is 0.0949. The molecule has 3 aromatic rings. The van der Waals surface area contributed by atoms with Gasteiger partial charge in [0.25, 0.3) is 0 Å². The molecular weight excluding hydrogens is 378 g/mol. The number of hydrogen-bond donors (Lipinski definition) is 1. The summed E-state index contributed by atoms with van der Waals surface area (Å²) in [5, 5.41) is 12.2. The predicted octanol–water partition coefficient (Wildman–Crippen LogP) is 5.22. The van der Waals surface area contributed by atoms with Gasteiger partial charge in [-0.05, 0) is 24.1 Å². The van der Waals surface area contributed by atoms with Crippen LogP contribution in [0, 0.1) is 0 Å². The van der Waals surface area contributed by atoms with Crippen LogP contribution in [0.3, 0.4) is 0 Å². The molecule has 0 aliphatic carbocycles. The van der Waals surface area contributed by atoms with Gasteiger partial charge < -0.3 is 10.1 Å². The van der Waals surface area contributed by atoms with Crippen LogP contribution in [0.15, 0.2) is 52.9 Å². The van der Waals surface area contributed by atoms with Crippen LogP contribution in [0.2, 0.25) is 0 Å². The molecular formula is C20H21N3O2S2. The Labute approximate surface area is 167 Å². The molecule has 7 heteroatoms. The van der Waals surface area contributed by atoms with Crippen LogP contribution in [0.4, 0.5) is 10.8 Å². The van der Waals surface area contributed by atoms with Crippen molar-refractivity contribution in [2.24, 2.45) is 0 Å². The molecule has 0 saturated carbocycles. The number of carbonyl (C=O) groups is 1. The molecule has 140 valence electrons. The number of ketones is 1. The molecule has 0 amide bonds. The lowest BCUT2D eigenvalue weighted by Gasteiger charge is -2.07. The van der Waals surface area contributed by atoms with E-state index in [1.165, 1.54) is 28.7 Å². The van der Waals surface area contributed by atoms with E-state index in [0.717, 1.165) is 34.2 Å². The van der Waals surface area contributed by atoms with E-state index in [1.54, 1.807) is 7.11 Å². The van der Waals surface area contributed by atoms with Gasteiger partial charge in [-0.25, -0.2) is 0 Å². The number of aryl methyl sites for hydroxylation is 1. The van der Waals surface area contributed by atoms with E-state index in [0.29, 0.717) is 10.9 Å². The van der Waals surface area contributed by atoms with Crippen LogP contribution >= 0.6 is 23.1 Å². The summed E-state index contributed by atoms with van der Waals surface area (Å²) in [5.74, 6) is 1.18. The van der Waals surface area contributed by atoms with Gasteiger partial charge in [-0.2, -0.15) is 0 Å². The number of para-hydroxylation sites is 2. The van der Waals surface area contributed by atoms with Crippen molar-refractivity contribution in [3.8, 4) is 5.75 Å². The number of rotatable bonds is 9. The first kappa shape index (κ1) is 19.4. The lowest BCUT2D eigenvalue weighted by molar-refractivity contribution is 0.102. The summed E-state index contributed by atoms with van der Waals surface area (Å²) in [4.78, 5) is 12.4. The number of nitrogens with one attached hydrogen (secondary N) is 1. The number of nitrogens with zero attached hydrogens (tertiary/aromatic N) is 2. The first-order chi connectivity index (χ1) is 13.2. The topological polar surface area (TPSA) is 64.1 Å². The van der Waals surface area contributed by atoms with Crippen LogP contribution in [-0.4, -0.2) is 28.8 Å². The van der Waals surface area contributed by atoms with Gasteiger partial charge in [0.05, 0.1) is 18.6 Å². The lowest BCUT2D eigenvalue weighted by Crippen LogP contribution is -2.02. The molecule has 1 N–H and O–H groups in total. The van der Waals surface area contributed by atoms with Gasteiger partial charge in [0, 0.05) is 5.56 Å². The summed E-state index contributed by atoms with van der Waals surface area (Å²) in [5.41, 5.74) is 2.83. The standard InChI is InChI=1S/C20H21N3O2S2/c1-3-6-14-9-11-15(12-10-14)17(24)13-26-20-23-22-19(27-20)21-16-7-4-5-8-18(16)25-2/h4-5,7-12H,3,6,13H2,1-2H3,(H,21,22). The molecule has 1 heterocycles. The van der Waals surface area contributed by atoms with Crippen molar-refractivity contribution in [2.45, 2.75) is 24.1 Å². The van der Waals surface area contributed by atoms with E-state index in [2.05, 4.69) is 22.4 Å². The molecule has 0 unspecified atom stereocenters. The Morgan fingerprint density at radius 3 is 2.67 bits per heavy atom. The maximum absolute atomic E-state index is 12.4. The van der Waals surface area contributed by atoms with Gasteiger partial charge in [0.1, 0.15) is 5.75 Å². The minimum atomic E-state index is 0.0949. The Kier molecular flexibility index (Phi) is 6.84. The highest BCUT2D eigenvalue weighted by atomic mass is 32.2. The quantitative estimate of drug-likeness (QED) is 0.393. The van der Waals surface area contributed by atoms with Crippen molar-refractivity contribution in [1.29, 1.82) is 0 Å². The Morgan fingerprint density at radius 1 is 1.15 bits per heavy atom. The molecule has 0 fully saturated rings. The average molecular weight is 400 g/mol. The average Bonchev–Trinajstić information content (AvgIpc) is 3.15. The van der Waals surface area contributed by atoms with Gasteiger partial charge in [-0.15, -0.1) is 10.2 Å². The molecule has 2 aromatic carbocycles. The van der Waals surface area contributed by atoms with E-state index in [1.807, 2.05) is 48.5 Å². The molecule has 0 atom stereocenters. The van der Waals surface area contributed by atoms with Crippen molar-refractivity contribution in [3.63, 3.8) is 0 Å². The number of Topliss-reactive ketones (excluding diaryl/α,β-unsaturated/α-hetero) is 1. The number of anilines is 2. The number of benzene rings is 2. The van der Waals surface area contributed by atoms with Gasteiger partial charge in [0.2, 0.25) is 5.13 Å². The van der Waals surface area contributed by atoms with Crippen LogP contribution in [0.25, 0.3) is 0 Å². The van der Waals surface area contributed by atoms with Gasteiger partial charge in [-0.1, -0.05) is 72.8 Å². The molecule has 0 saturated heterocycles. The van der Waals surface area contributed by atoms with E-state index in [9.17, 15) is 4.79 Å². The van der Waals surface area contributed by atoms with Crippen molar-refractivity contribution in [3.05, 3.63) is 59.7 Å². The largest absolute Gasteiger partial charge is 0.495 e. The Balaban J connectivity index is 1.57. The highest BCUT2D eigenvalue weighted by Gasteiger charge is 2.11. The van der Waals surface area contributed by atoms with Gasteiger partial charge >= 0.3 is 0 Å². The minimum Gasteiger partial charge on any atom is -0.495 e. The molecule has 27 heavy (non-hydrogen) atoms. The molecule has 0 radical (unpaired) electrons. The van der Waals surface area contributed by atoms with Crippen LogP contribution < -0.4 is 10.1 Å². The Morgan fingerprint density at radius 2 is 1.93 bits per heavy atom. The van der Waals surface area contributed by atoms with Crippen LogP contribution in [-0.2, 0) is 6.42 Å². The fraction of sp³-hybridized carbons (Fsp3) is 0.250. The number of hydrogen-bond acceptors (Lipinski definition) is 7. The number of aromatic nitrogens is 2. The van der Waals surface area contributed by atoms with Gasteiger partial charge in [0.15, 0.2) is 10.1 Å². The highest BCUT2D eigenvalue weighted by Crippen LogP contribution is 2.31. The highest BCUT2D eigenvalue weighted by molar-refractivity contribution is 8.01. The normalized spacial score (nSPS) is 10.6. The molecule has 0 spiro atoms. The fourth-order valence-electron chi connectivity index (χ4n) is 2.54. The van der Waals surface area contributed by atoms with Gasteiger partial charge in [-0.3, -0.25) is 4.79 Å². The molecule has 3 rings (SSSR count). The number of thioether (sulfide) groups is 1. The number of ether oxygens (including phenoxy) is 1. The molecule has 1 aromatic heterocycles. The molecule has 0 aliphatic heterocycles. The summed E-state index contributed by atoms with van der Waals surface area (Å²) in [6, 6.07) is 15.5. The summed E-state index contributed by atoms with van der Waals surface area (Å²) in [7, 11) is 1.63. The second-order valence-electron chi connectivity index (χ2n) is 5.86. The zero-order chi connectivity index (χ0) is 19.1. The monoisotopic (exact) mass is 399 g/mol. The molecule has 5 nitrogen and oxygen atoms in total. The van der Waals surface area contributed by atoms with Crippen LogP contribution in [0.1, 0.15) is 29.3 Å². The van der Waals surface area contributed by atoms with Crippen LogP contribution in [0.5, 0.6) is 5.75 Å². The van der Waals surface area contributed by atoms with Crippen molar-refractivity contribution in [1.82, 2.24) is 10.2 Å². The third kappa shape index (κ3) is 5.30. The lowest BCUT2D eigenvalue weighted by atomic mass is 10.1. The number of methoxy groups -OCH3 is 1. The summed E-state index contributed by atoms with van der Waals surface area (Å²) >= 11 is 2.82. The number of carbonyl (C=O) groups excluding carboxylic acids is 1. The third-order valence-corrected chi connectivity index (χ3v) is 5.87. The summed E-state index contributed by atoms with van der Waals surface area (Å²) < 4.78 is 6.07. The first-order valence-electron chi connectivity index (χ1n) is 8.68. The Hall–Kier alpha value is -2.38. The SMILES string of the molecule is CCCc1ccc(C(=O)CSc2nnc(Nc3ccccc3OC)s2)cc1. The first-order valence-corrected chi connectivity index (χ1v) is 10.5. The maximum atomic E-state index is 12.4. The summed E-state index contributed by atoms with van der Waals surface area (Å²) in [6.07, 6.45) is 2.14. The zero-order valence-electron chi connectivity index (χ0n) is 15.3. The maximum Gasteiger partial charge on any atom is 0.210 e. The van der Waals surface area contributed by atoms with Crippen molar-refractivity contribution in [2.75, 3.05) is 18.2 Å². The van der Waals surface area contributed by atoms with E-state index in [-0.39, 0.29) is 5.78 Å². The smallest absolute Gasteiger partial charge is 0.210 e. The summed E-state index contributed by atoms with van der Waals surface area (Å²) in [6.45, 7) is 2.15. The second kappa shape index (κ2) is 9.53. The predicted molar refractivity (Wildman–Crippen MR) is 112 cm³/mol. The third-order valence-electron chi connectivity index (χ3n) is 3.90. The van der Waals surface area contributed by atoms with Crippen molar-refractivity contribution < 1.29 is 9.53 Å². The molecule has 0 bridgehead atoms. The van der Waals surface area contributed by atoms with Crippen molar-refractivity contribution >= 4 is 39.7 Å². The van der Waals surface area contributed by atoms with E-state index in [4.69, 9.17) is 4.74 Å². The Bertz CT molecular complexity index is 894. The zero-order valence-corrected chi connectivity index (χ0v) is 16.9. The molecule has 0 aliphatic rings. The van der Waals surface area contributed by atoms with E-state index < -0.39 is 0 Å². The van der Waals surface area contributed by atoms with E-state index >= 15 is 0 Å².